The van der Waals surface area contributed by atoms with E-state index >= 15 is 0 Å². The minimum Gasteiger partial charge on any atom is -0.480 e. The number of carbonyl (C=O) groups is 4. The molecule has 11 nitrogen and oxygen atoms in total. The molecule has 1 aliphatic heterocycles. The molecule has 33 heavy (non-hydrogen) atoms. The van der Waals surface area contributed by atoms with E-state index in [2.05, 4.69) is 10.6 Å². The van der Waals surface area contributed by atoms with Gasteiger partial charge in [0.05, 0.1) is 18.2 Å². The number of carboxylic acid groups (broad SMARTS) is 1. The smallest absolute Gasteiger partial charge is 0.328 e. The molecule has 1 heterocycles. The van der Waals surface area contributed by atoms with E-state index in [1.165, 1.54) is 18.7 Å². The highest BCUT2D eigenvalue weighted by Crippen LogP contribution is 2.19. The van der Waals surface area contributed by atoms with Gasteiger partial charge < -0.3 is 36.6 Å². The molecule has 182 valence electrons. The Hall–Kier alpha value is -3.02. The number of carbonyl (C=O) groups excluding carboxylic acids is 3. The molecule has 7 N–H and O–H groups in total. The number of aliphatic hydroxyl groups is 2. The largest absolute Gasteiger partial charge is 0.480 e. The number of amides is 3. The van der Waals surface area contributed by atoms with Crippen molar-refractivity contribution in [2.24, 2.45) is 5.73 Å². The molecule has 0 saturated carbocycles. The lowest BCUT2D eigenvalue weighted by molar-refractivity contribution is -0.146. The van der Waals surface area contributed by atoms with Gasteiger partial charge in [0.1, 0.15) is 12.1 Å². The number of aliphatic carboxylic acids is 1. The van der Waals surface area contributed by atoms with E-state index in [4.69, 9.17) is 10.8 Å². The number of hydrogen-bond donors (Lipinski definition) is 6. The Kier molecular flexibility index (Phi) is 9.32. The number of carboxylic acids is 1. The summed E-state index contributed by atoms with van der Waals surface area (Å²) in [4.78, 5) is 50.9. The summed E-state index contributed by atoms with van der Waals surface area (Å²) in [7, 11) is 0. The first-order chi connectivity index (χ1) is 15.5. The summed E-state index contributed by atoms with van der Waals surface area (Å²) < 4.78 is 0. The third kappa shape index (κ3) is 6.98. The zero-order valence-corrected chi connectivity index (χ0v) is 18.7. The van der Waals surface area contributed by atoms with E-state index in [1.54, 1.807) is 0 Å². The molecule has 0 aromatic heterocycles. The Labute approximate surface area is 191 Å². The predicted octanol–water partition coefficient (Wildman–Crippen LogP) is -1.64. The number of likely N-dealkylation sites (tertiary alicyclic amines) is 1. The standard InChI is InChI=1S/C22H32N4O7/c1-12(27)17(20(30)25-18(13(2)28)22(32)33)24-19(29)16-9-6-10-26(16)21(31)15(23)11-14-7-4-3-5-8-14/h3-5,7-8,12-13,15-18,27-28H,6,9-11,23H2,1-2H3,(H,24,29)(H,25,30)(H,32,33). The SMILES string of the molecule is CC(O)C(NC(=O)C(NC(=O)C1CCCN1C(=O)C(N)Cc1ccccc1)C(C)O)C(=O)O. The number of aliphatic hydroxyl groups excluding tert-OH is 2. The maximum absolute atomic E-state index is 12.9. The highest BCUT2D eigenvalue weighted by molar-refractivity contribution is 5.94. The van der Waals surface area contributed by atoms with Crippen LogP contribution in [0.4, 0.5) is 0 Å². The first kappa shape index (κ1) is 26.2. The first-order valence-electron chi connectivity index (χ1n) is 10.8. The fraction of sp³-hybridized carbons (Fsp3) is 0.545. The Bertz CT molecular complexity index is 846. The van der Waals surface area contributed by atoms with Crippen LogP contribution in [0.5, 0.6) is 0 Å². The van der Waals surface area contributed by atoms with Crippen LogP contribution in [-0.2, 0) is 25.6 Å². The third-order valence-corrected chi connectivity index (χ3v) is 5.56. The Morgan fingerprint density at radius 2 is 1.67 bits per heavy atom. The van der Waals surface area contributed by atoms with Gasteiger partial charge in [-0.1, -0.05) is 30.3 Å². The minimum atomic E-state index is -1.61. The Morgan fingerprint density at radius 3 is 2.21 bits per heavy atom. The van der Waals surface area contributed by atoms with Gasteiger partial charge in [-0.05, 0) is 38.7 Å². The molecule has 11 heteroatoms. The average molecular weight is 465 g/mol. The van der Waals surface area contributed by atoms with Crippen molar-refractivity contribution < 1.29 is 34.5 Å². The van der Waals surface area contributed by atoms with E-state index in [9.17, 15) is 29.4 Å². The van der Waals surface area contributed by atoms with Crippen molar-refractivity contribution in [3.63, 3.8) is 0 Å². The summed E-state index contributed by atoms with van der Waals surface area (Å²) >= 11 is 0. The Morgan fingerprint density at radius 1 is 1.06 bits per heavy atom. The lowest BCUT2D eigenvalue weighted by atomic mass is 10.0. The minimum absolute atomic E-state index is 0.305. The molecular formula is C22H32N4O7. The zero-order valence-electron chi connectivity index (χ0n) is 18.7. The number of rotatable bonds is 10. The summed E-state index contributed by atoms with van der Waals surface area (Å²) in [5, 5.41) is 33.2. The quantitative estimate of drug-likeness (QED) is 0.238. The lowest BCUT2D eigenvalue weighted by Gasteiger charge is -2.29. The number of benzene rings is 1. The van der Waals surface area contributed by atoms with E-state index in [1.807, 2.05) is 30.3 Å². The van der Waals surface area contributed by atoms with Crippen molar-refractivity contribution in [1.29, 1.82) is 0 Å². The van der Waals surface area contributed by atoms with Gasteiger partial charge in [-0.2, -0.15) is 0 Å². The van der Waals surface area contributed by atoms with Crippen molar-refractivity contribution in [1.82, 2.24) is 15.5 Å². The van der Waals surface area contributed by atoms with Gasteiger partial charge in [-0.25, -0.2) is 4.79 Å². The maximum atomic E-state index is 12.9. The molecule has 0 spiro atoms. The summed E-state index contributed by atoms with van der Waals surface area (Å²) in [6.07, 6.45) is -1.53. The molecule has 6 atom stereocenters. The number of nitrogens with two attached hydrogens (primary N) is 1. The molecule has 1 fully saturated rings. The van der Waals surface area contributed by atoms with Crippen LogP contribution in [0.3, 0.4) is 0 Å². The van der Waals surface area contributed by atoms with Crippen molar-refractivity contribution in [2.75, 3.05) is 6.54 Å². The van der Waals surface area contributed by atoms with Crippen LogP contribution in [0.1, 0.15) is 32.3 Å². The van der Waals surface area contributed by atoms with E-state index < -0.39 is 60.1 Å². The van der Waals surface area contributed by atoms with Crippen LogP contribution in [0.25, 0.3) is 0 Å². The zero-order chi connectivity index (χ0) is 24.7. The van der Waals surface area contributed by atoms with Gasteiger partial charge in [-0.3, -0.25) is 14.4 Å². The van der Waals surface area contributed by atoms with Crippen LogP contribution in [0.2, 0.25) is 0 Å². The fourth-order valence-corrected chi connectivity index (χ4v) is 3.76. The van der Waals surface area contributed by atoms with Gasteiger partial charge in [0.15, 0.2) is 6.04 Å². The van der Waals surface area contributed by atoms with Gasteiger partial charge in [-0.15, -0.1) is 0 Å². The van der Waals surface area contributed by atoms with Gasteiger partial charge >= 0.3 is 5.97 Å². The maximum Gasteiger partial charge on any atom is 0.328 e. The second-order valence-electron chi connectivity index (χ2n) is 8.28. The van der Waals surface area contributed by atoms with E-state index in [0.29, 0.717) is 25.8 Å². The second kappa shape index (κ2) is 11.7. The van der Waals surface area contributed by atoms with Gasteiger partial charge in [0.25, 0.3) is 0 Å². The number of hydrogen-bond acceptors (Lipinski definition) is 7. The molecule has 0 radical (unpaired) electrons. The highest BCUT2D eigenvalue weighted by atomic mass is 16.4. The molecule has 0 aliphatic carbocycles. The molecule has 1 aliphatic rings. The summed E-state index contributed by atoms with van der Waals surface area (Å²) in [5.41, 5.74) is 6.98. The van der Waals surface area contributed by atoms with Crippen molar-refractivity contribution >= 4 is 23.7 Å². The normalized spacial score (nSPS) is 20.3. The van der Waals surface area contributed by atoms with Crippen LogP contribution < -0.4 is 16.4 Å². The van der Waals surface area contributed by atoms with Crippen molar-refractivity contribution in [2.45, 2.75) is 69.5 Å². The summed E-state index contributed by atoms with van der Waals surface area (Å²) in [6.45, 7) is 2.78. The van der Waals surface area contributed by atoms with Crippen LogP contribution >= 0.6 is 0 Å². The molecular weight excluding hydrogens is 432 g/mol. The lowest BCUT2D eigenvalue weighted by Crippen LogP contribution is -2.60. The molecule has 2 rings (SSSR count). The summed E-state index contributed by atoms with van der Waals surface area (Å²) in [6, 6.07) is 4.42. The van der Waals surface area contributed by atoms with E-state index in [-0.39, 0.29) is 0 Å². The second-order valence-corrected chi connectivity index (χ2v) is 8.28. The molecule has 0 bridgehead atoms. The van der Waals surface area contributed by atoms with E-state index in [0.717, 1.165) is 5.56 Å². The summed E-state index contributed by atoms with van der Waals surface area (Å²) in [5.74, 6) is -3.48. The monoisotopic (exact) mass is 464 g/mol. The van der Waals surface area contributed by atoms with Crippen LogP contribution in [-0.4, -0.2) is 86.8 Å². The molecule has 6 unspecified atom stereocenters. The predicted molar refractivity (Wildman–Crippen MR) is 118 cm³/mol. The molecule has 1 aromatic carbocycles. The third-order valence-electron chi connectivity index (χ3n) is 5.56. The molecule has 1 aromatic rings. The molecule has 1 saturated heterocycles. The molecule has 3 amide bonds. The first-order valence-corrected chi connectivity index (χ1v) is 10.8. The van der Waals surface area contributed by atoms with Gasteiger partial charge in [0.2, 0.25) is 17.7 Å². The van der Waals surface area contributed by atoms with Crippen LogP contribution in [0.15, 0.2) is 30.3 Å². The number of nitrogens with zero attached hydrogens (tertiary/aromatic N) is 1. The highest BCUT2D eigenvalue weighted by Gasteiger charge is 2.39. The van der Waals surface area contributed by atoms with Crippen LogP contribution in [0, 0.1) is 0 Å². The average Bonchev–Trinajstić information content (AvgIpc) is 3.24. The fourth-order valence-electron chi connectivity index (χ4n) is 3.76. The Balaban J connectivity index is 2.06. The number of nitrogens with one attached hydrogen (secondary N) is 2. The van der Waals surface area contributed by atoms with Crippen molar-refractivity contribution in [3.05, 3.63) is 35.9 Å². The van der Waals surface area contributed by atoms with Gasteiger partial charge in [0, 0.05) is 6.54 Å². The topological polar surface area (TPSA) is 182 Å². The van der Waals surface area contributed by atoms with Crippen molar-refractivity contribution in [3.8, 4) is 0 Å².